The zero-order valence-electron chi connectivity index (χ0n) is 12.7. The highest BCUT2D eigenvalue weighted by Crippen LogP contribution is 2.21. The first-order valence-corrected chi connectivity index (χ1v) is 7.28. The number of hydrogen-bond donors (Lipinski definition) is 2. The van der Waals surface area contributed by atoms with E-state index in [0.717, 1.165) is 22.5 Å². The third kappa shape index (κ3) is 3.58. The zero-order chi connectivity index (χ0) is 16.1. The first kappa shape index (κ1) is 14.8. The van der Waals surface area contributed by atoms with E-state index in [1.165, 1.54) is 0 Å². The van der Waals surface area contributed by atoms with Crippen LogP contribution in [0, 0.1) is 0 Å². The van der Waals surface area contributed by atoms with Crippen molar-refractivity contribution in [2.24, 2.45) is 0 Å². The molecule has 0 fully saturated rings. The van der Waals surface area contributed by atoms with Crippen molar-refractivity contribution in [3.8, 4) is 17.0 Å². The SMILES string of the molecule is COc1ccccc1CC(=O)Nc1cccc(-c2ccn[nH]2)c1. The minimum Gasteiger partial charge on any atom is -0.496 e. The van der Waals surface area contributed by atoms with Gasteiger partial charge in [-0.1, -0.05) is 30.3 Å². The molecule has 5 nitrogen and oxygen atoms in total. The molecule has 1 amide bonds. The van der Waals surface area contributed by atoms with Crippen LogP contribution < -0.4 is 10.1 Å². The smallest absolute Gasteiger partial charge is 0.228 e. The van der Waals surface area contributed by atoms with Gasteiger partial charge in [-0.25, -0.2) is 0 Å². The molecule has 116 valence electrons. The normalized spacial score (nSPS) is 10.3. The fourth-order valence-electron chi connectivity index (χ4n) is 2.41. The molecular formula is C18H17N3O2. The number of aromatic amines is 1. The monoisotopic (exact) mass is 307 g/mol. The Balaban J connectivity index is 1.72. The second kappa shape index (κ2) is 6.79. The van der Waals surface area contributed by atoms with E-state index in [4.69, 9.17) is 4.74 Å². The van der Waals surface area contributed by atoms with Gasteiger partial charge in [0.2, 0.25) is 5.91 Å². The topological polar surface area (TPSA) is 67.0 Å². The first-order chi connectivity index (χ1) is 11.3. The van der Waals surface area contributed by atoms with Crippen LogP contribution in [0.2, 0.25) is 0 Å². The van der Waals surface area contributed by atoms with Crippen molar-refractivity contribution in [1.82, 2.24) is 10.2 Å². The van der Waals surface area contributed by atoms with Crippen molar-refractivity contribution < 1.29 is 9.53 Å². The maximum Gasteiger partial charge on any atom is 0.228 e. The van der Waals surface area contributed by atoms with Gasteiger partial charge in [0.15, 0.2) is 0 Å². The summed E-state index contributed by atoms with van der Waals surface area (Å²) in [5.41, 5.74) is 3.48. The van der Waals surface area contributed by atoms with Gasteiger partial charge in [-0.15, -0.1) is 0 Å². The van der Waals surface area contributed by atoms with E-state index in [2.05, 4.69) is 15.5 Å². The molecule has 3 aromatic rings. The maximum atomic E-state index is 12.3. The number of nitrogens with one attached hydrogen (secondary N) is 2. The highest BCUT2D eigenvalue weighted by Gasteiger charge is 2.09. The lowest BCUT2D eigenvalue weighted by Gasteiger charge is -2.09. The van der Waals surface area contributed by atoms with Crippen molar-refractivity contribution in [2.75, 3.05) is 12.4 Å². The molecule has 1 aromatic heterocycles. The van der Waals surface area contributed by atoms with Crippen molar-refractivity contribution >= 4 is 11.6 Å². The van der Waals surface area contributed by atoms with Crippen molar-refractivity contribution in [3.63, 3.8) is 0 Å². The van der Waals surface area contributed by atoms with E-state index in [1.54, 1.807) is 13.3 Å². The largest absolute Gasteiger partial charge is 0.496 e. The van der Waals surface area contributed by atoms with Gasteiger partial charge in [0.1, 0.15) is 5.75 Å². The highest BCUT2D eigenvalue weighted by molar-refractivity contribution is 5.93. The van der Waals surface area contributed by atoms with Crippen LogP contribution >= 0.6 is 0 Å². The van der Waals surface area contributed by atoms with Gasteiger partial charge in [0.05, 0.1) is 19.2 Å². The molecule has 0 spiro atoms. The molecule has 3 rings (SSSR count). The summed E-state index contributed by atoms with van der Waals surface area (Å²) in [6, 6.07) is 17.0. The van der Waals surface area contributed by atoms with Gasteiger partial charge >= 0.3 is 0 Å². The van der Waals surface area contributed by atoms with Crippen molar-refractivity contribution in [2.45, 2.75) is 6.42 Å². The Bertz CT molecular complexity index is 798. The third-order valence-electron chi connectivity index (χ3n) is 3.50. The van der Waals surface area contributed by atoms with Gasteiger partial charge in [-0.3, -0.25) is 9.89 Å². The molecule has 0 aliphatic carbocycles. The molecule has 0 saturated carbocycles. The van der Waals surface area contributed by atoms with Crippen molar-refractivity contribution in [1.29, 1.82) is 0 Å². The number of nitrogens with zero attached hydrogens (tertiary/aromatic N) is 1. The molecule has 0 unspecified atom stereocenters. The van der Waals surface area contributed by atoms with Crippen molar-refractivity contribution in [3.05, 3.63) is 66.4 Å². The van der Waals surface area contributed by atoms with Crippen LogP contribution in [0.15, 0.2) is 60.8 Å². The van der Waals surface area contributed by atoms with E-state index >= 15 is 0 Å². The molecule has 0 bridgehead atoms. The summed E-state index contributed by atoms with van der Waals surface area (Å²) in [5.74, 6) is 0.630. The Hall–Kier alpha value is -3.08. The van der Waals surface area contributed by atoms with E-state index in [1.807, 2.05) is 54.6 Å². The molecule has 1 heterocycles. The van der Waals surface area contributed by atoms with Crippen LogP contribution in [-0.4, -0.2) is 23.2 Å². The Morgan fingerprint density at radius 2 is 2.04 bits per heavy atom. The standard InChI is InChI=1S/C18H17N3O2/c1-23-17-8-3-2-5-14(17)12-18(22)20-15-7-4-6-13(11-15)16-9-10-19-21-16/h2-11H,12H2,1H3,(H,19,21)(H,20,22). The molecule has 0 atom stereocenters. The predicted molar refractivity (Wildman–Crippen MR) is 89.4 cm³/mol. The number of hydrogen-bond acceptors (Lipinski definition) is 3. The lowest BCUT2D eigenvalue weighted by molar-refractivity contribution is -0.115. The highest BCUT2D eigenvalue weighted by atomic mass is 16.5. The average molecular weight is 307 g/mol. The van der Waals surface area contributed by atoms with Crippen LogP contribution in [-0.2, 0) is 11.2 Å². The molecule has 0 radical (unpaired) electrons. The minimum atomic E-state index is -0.0868. The van der Waals surface area contributed by atoms with E-state index in [-0.39, 0.29) is 12.3 Å². The number of H-pyrrole nitrogens is 1. The van der Waals surface area contributed by atoms with Crippen LogP contribution in [0.3, 0.4) is 0 Å². The van der Waals surface area contributed by atoms with Gasteiger partial charge in [-0.05, 0) is 24.3 Å². The Morgan fingerprint density at radius 1 is 1.17 bits per heavy atom. The number of methoxy groups -OCH3 is 1. The first-order valence-electron chi connectivity index (χ1n) is 7.28. The maximum absolute atomic E-state index is 12.3. The lowest BCUT2D eigenvalue weighted by atomic mass is 10.1. The quantitative estimate of drug-likeness (QED) is 0.760. The van der Waals surface area contributed by atoms with Crippen LogP contribution in [0.5, 0.6) is 5.75 Å². The molecule has 23 heavy (non-hydrogen) atoms. The van der Waals surface area contributed by atoms with Gasteiger partial charge < -0.3 is 10.1 Å². The molecule has 0 aliphatic rings. The second-order valence-electron chi connectivity index (χ2n) is 5.09. The molecule has 0 saturated heterocycles. The molecule has 2 aromatic carbocycles. The summed E-state index contributed by atoms with van der Waals surface area (Å²) in [7, 11) is 1.60. The number of aromatic nitrogens is 2. The Morgan fingerprint density at radius 3 is 2.83 bits per heavy atom. The van der Waals surface area contributed by atoms with Crippen LogP contribution in [0.4, 0.5) is 5.69 Å². The minimum absolute atomic E-state index is 0.0868. The number of ether oxygens (including phenoxy) is 1. The summed E-state index contributed by atoms with van der Waals surface area (Å²) >= 11 is 0. The van der Waals surface area contributed by atoms with Gasteiger partial charge in [-0.2, -0.15) is 5.10 Å². The Labute approximate surface area is 134 Å². The number of carbonyl (C=O) groups excluding carboxylic acids is 1. The third-order valence-corrected chi connectivity index (χ3v) is 3.50. The summed E-state index contributed by atoms with van der Waals surface area (Å²) in [6.07, 6.45) is 1.96. The van der Waals surface area contributed by atoms with Gasteiger partial charge in [0, 0.05) is 23.0 Å². The van der Waals surface area contributed by atoms with Crippen LogP contribution in [0.1, 0.15) is 5.56 Å². The summed E-state index contributed by atoms with van der Waals surface area (Å²) in [4.78, 5) is 12.3. The molecule has 5 heteroatoms. The summed E-state index contributed by atoms with van der Waals surface area (Å²) in [6.45, 7) is 0. The fourth-order valence-corrected chi connectivity index (χ4v) is 2.41. The number of benzene rings is 2. The number of amides is 1. The van der Waals surface area contributed by atoms with Gasteiger partial charge in [0.25, 0.3) is 0 Å². The van der Waals surface area contributed by atoms with E-state index < -0.39 is 0 Å². The molecule has 0 aliphatic heterocycles. The predicted octanol–water partition coefficient (Wildman–Crippen LogP) is 3.27. The number of carbonyl (C=O) groups is 1. The van der Waals surface area contributed by atoms with E-state index in [9.17, 15) is 4.79 Å². The molecule has 2 N–H and O–H groups in total. The second-order valence-corrected chi connectivity index (χ2v) is 5.09. The number of rotatable bonds is 5. The summed E-state index contributed by atoms with van der Waals surface area (Å²) in [5, 5.41) is 9.76. The number of para-hydroxylation sites is 1. The van der Waals surface area contributed by atoms with E-state index in [0.29, 0.717) is 5.75 Å². The number of anilines is 1. The summed E-state index contributed by atoms with van der Waals surface area (Å²) < 4.78 is 5.27. The molecular weight excluding hydrogens is 290 g/mol. The van der Waals surface area contributed by atoms with Crippen LogP contribution in [0.25, 0.3) is 11.3 Å². The Kier molecular flexibility index (Phi) is 4.38. The average Bonchev–Trinajstić information content (AvgIpc) is 3.10. The zero-order valence-corrected chi connectivity index (χ0v) is 12.7. The lowest BCUT2D eigenvalue weighted by Crippen LogP contribution is -2.14. The fraction of sp³-hybridized carbons (Fsp3) is 0.111.